The number of nitrogens with zero attached hydrogens (tertiary/aromatic N) is 1. The van der Waals surface area contributed by atoms with Crippen LogP contribution >= 0.6 is 0 Å². The summed E-state index contributed by atoms with van der Waals surface area (Å²) < 4.78 is 0. The van der Waals surface area contributed by atoms with Gasteiger partial charge in [-0.15, -0.1) is 0 Å². The second-order valence-electron chi connectivity index (χ2n) is 5.99. The summed E-state index contributed by atoms with van der Waals surface area (Å²) in [5, 5.41) is 2.91. The standard InChI is InChI=1S/C15H29N3O2/c1-4-8-15(11-16,9-5-2)14(20)18(3)10-13(19)17-12-6-7-12/h12H,4-11,16H2,1-3H3,(H,17,19). The molecule has 0 aliphatic heterocycles. The third-order valence-corrected chi connectivity index (χ3v) is 3.97. The number of nitrogens with two attached hydrogens (primary N) is 1. The van der Waals surface area contributed by atoms with Gasteiger partial charge in [-0.05, 0) is 25.7 Å². The van der Waals surface area contributed by atoms with E-state index in [4.69, 9.17) is 5.73 Å². The second kappa shape index (κ2) is 7.62. The smallest absolute Gasteiger partial charge is 0.239 e. The molecule has 1 rings (SSSR count). The first-order chi connectivity index (χ1) is 9.49. The second-order valence-corrected chi connectivity index (χ2v) is 5.99. The lowest BCUT2D eigenvalue weighted by Crippen LogP contribution is -2.49. The minimum atomic E-state index is -0.502. The normalized spacial score (nSPS) is 15.0. The third kappa shape index (κ3) is 4.47. The largest absolute Gasteiger partial charge is 0.352 e. The van der Waals surface area contributed by atoms with E-state index in [1.165, 1.54) is 4.90 Å². The van der Waals surface area contributed by atoms with Gasteiger partial charge in [-0.3, -0.25) is 9.59 Å². The Hall–Kier alpha value is -1.10. The maximum Gasteiger partial charge on any atom is 0.239 e. The summed E-state index contributed by atoms with van der Waals surface area (Å²) in [4.78, 5) is 26.0. The number of hydrogen-bond donors (Lipinski definition) is 2. The SMILES string of the molecule is CCCC(CN)(CCC)C(=O)N(C)CC(=O)NC1CC1. The van der Waals surface area contributed by atoms with Crippen molar-refractivity contribution in [3.63, 3.8) is 0 Å². The van der Waals surface area contributed by atoms with Crippen LogP contribution in [0.15, 0.2) is 0 Å². The van der Waals surface area contributed by atoms with E-state index in [0.717, 1.165) is 38.5 Å². The number of carbonyl (C=O) groups excluding carboxylic acids is 2. The van der Waals surface area contributed by atoms with Crippen LogP contribution in [0.5, 0.6) is 0 Å². The summed E-state index contributed by atoms with van der Waals surface area (Å²) >= 11 is 0. The van der Waals surface area contributed by atoms with Crippen molar-refractivity contribution in [3.8, 4) is 0 Å². The zero-order chi connectivity index (χ0) is 15.2. The van der Waals surface area contributed by atoms with Gasteiger partial charge in [0.15, 0.2) is 0 Å². The molecular formula is C15H29N3O2. The molecule has 5 heteroatoms. The van der Waals surface area contributed by atoms with Crippen molar-refractivity contribution in [2.24, 2.45) is 11.1 Å². The topological polar surface area (TPSA) is 75.4 Å². The van der Waals surface area contributed by atoms with Gasteiger partial charge >= 0.3 is 0 Å². The molecule has 0 unspecified atom stereocenters. The molecule has 0 bridgehead atoms. The Kier molecular flexibility index (Phi) is 6.46. The van der Waals surface area contributed by atoms with Crippen LogP contribution in [0.2, 0.25) is 0 Å². The van der Waals surface area contributed by atoms with Crippen LogP contribution in [-0.2, 0) is 9.59 Å². The van der Waals surface area contributed by atoms with Gasteiger partial charge in [0, 0.05) is 19.6 Å². The van der Waals surface area contributed by atoms with E-state index in [9.17, 15) is 9.59 Å². The number of hydrogen-bond acceptors (Lipinski definition) is 3. The fourth-order valence-electron chi connectivity index (χ4n) is 2.78. The molecule has 1 aliphatic rings. The Morgan fingerprint density at radius 3 is 2.20 bits per heavy atom. The molecule has 20 heavy (non-hydrogen) atoms. The van der Waals surface area contributed by atoms with E-state index in [-0.39, 0.29) is 18.4 Å². The minimum Gasteiger partial charge on any atom is -0.352 e. The van der Waals surface area contributed by atoms with Gasteiger partial charge in [0.05, 0.1) is 12.0 Å². The molecule has 0 aromatic carbocycles. The molecule has 1 saturated carbocycles. The number of carbonyl (C=O) groups is 2. The van der Waals surface area contributed by atoms with E-state index in [2.05, 4.69) is 19.2 Å². The molecule has 2 amide bonds. The maximum absolute atomic E-state index is 12.7. The summed E-state index contributed by atoms with van der Waals surface area (Å²) in [6.45, 7) is 4.60. The first-order valence-electron chi connectivity index (χ1n) is 7.74. The van der Waals surface area contributed by atoms with Crippen LogP contribution in [0.4, 0.5) is 0 Å². The maximum atomic E-state index is 12.7. The summed E-state index contributed by atoms with van der Waals surface area (Å²) in [5.41, 5.74) is 5.39. The molecule has 0 saturated heterocycles. The van der Waals surface area contributed by atoms with E-state index in [0.29, 0.717) is 12.6 Å². The molecule has 0 aromatic heterocycles. The summed E-state index contributed by atoms with van der Waals surface area (Å²) in [6, 6.07) is 0.330. The average Bonchev–Trinajstić information content (AvgIpc) is 3.21. The predicted molar refractivity (Wildman–Crippen MR) is 80.1 cm³/mol. The minimum absolute atomic E-state index is 0.00893. The molecular weight excluding hydrogens is 254 g/mol. The fourth-order valence-corrected chi connectivity index (χ4v) is 2.78. The zero-order valence-corrected chi connectivity index (χ0v) is 13.1. The monoisotopic (exact) mass is 283 g/mol. The van der Waals surface area contributed by atoms with Crippen LogP contribution in [0, 0.1) is 5.41 Å². The Balaban J connectivity index is 2.63. The first-order valence-corrected chi connectivity index (χ1v) is 7.74. The van der Waals surface area contributed by atoms with Crippen LogP contribution in [0.1, 0.15) is 52.4 Å². The highest BCUT2D eigenvalue weighted by Crippen LogP contribution is 2.31. The number of rotatable bonds is 9. The fraction of sp³-hybridized carbons (Fsp3) is 0.867. The van der Waals surface area contributed by atoms with Crippen molar-refractivity contribution in [2.45, 2.75) is 58.4 Å². The van der Waals surface area contributed by atoms with E-state index < -0.39 is 5.41 Å². The lowest BCUT2D eigenvalue weighted by atomic mass is 9.78. The Morgan fingerprint density at radius 1 is 1.25 bits per heavy atom. The lowest BCUT2D eigenvalue weighted by molar-refractivity contribution is -0.144. The van der Waals surface area contributed by atoms with Crippen molar-refractivity contribution in [3.05, 3.63) is 0 Å². The van der Waals surface area contributed by atoms with E-state index >= 15 is 0 Å². The molecule has 0 aromatic rings. The third-order valence-electron chi connectivity index (χ3n) is 3.97. The number of amides is 2. The Bertz CT molecular complexity index is 334. The van der Waals surface area contributed by atoms with Gasteiger partial charge in [0.1, 0.15) is 0 Å². The average molecular weight is 283 g/mol. The van der Waals surface area contributed by atoms with Crippen LogP contribution in [-0.4, -0.2) is 42.9 Å². The van der Waals surface area contributed by atoms with Crippen LogP contribution in [0.3, 0.4) is 0 Å². The molecule has 0 radical (unpaired) electrons. The van der Waals surface area contributed by atoms with E-state index in [1.807, 2.05) is 0 Å². The van der Waals surface area contributed by atoms with Crippen molar-refractivity contribution >= 4 is 11.8 Å². The van der Waals surface area contributed by atoms with Gasteiger partial charge in [-0.2, -0.15) is 0 Å². The van der Waals surface area contributed by atoms with Gasteiger partial charge < -0.3 is 16.0 Å². The summed E-state index contributed by atoms with van der Waals surface area (Å²) in [7, 11) is 1.70. The van der Waals surface area contributed by atoms with Crippen LogP contribution < -0.4 is 11.1 Å². The molecule has 5 nitrogen and oxygen atoms in total. The highest BCUT2D eigenvalue weighted by Gasteiger charge is 2.38. The molecule has 1 fully saturated rings. The number of likely N-dealkylation sites (N-methyl/N-ethyl adjacent to an activating group) is 1. The van der Waals surface area contributed by atoms with Gasteiger partial charge in [0.25, 0.3) is 0 Å². The molecule has 3 N–H and O–H groups in total. The molecule has 0 spiro atoms. The van der Waals surface area contributed by atoms with E-state index in [1.54, 1.807) is 7.05 Å². The van der Waals surface area contributed by atoms with Gasteiger partial charge in [0.2, 0.25) is 11.8 Å². The number of nitrogens with one attached hydrogen (secondary N) is 1. The lowest BCUT2D eigenvalue weighted by Gasteiger charge is -2.34. The van der Waals surface area contributed by atoms with Crippen LogP contribution in [0.25, 0.3) is 0 Å². The first kappa shape index (κ1) is 17.0. The highest BCUT2D eigenvalue weighted by atomic mass is 16.2. The van der Waals surface area contributed by atoms with Crippen molar-refractivity contribution in [2.75, 3.05) is 20.1 Å². The molecule has 1 aliphatic carbocycles. The summed E-state index contributed by atoms with van der Waals surface area (Å²) in [5.74, 6) is -0.0584. The molecule has 0 heterocycles. The predicted octanol–water partition coefficient (Wildman–Crippen LogP) is 1.27. The molecule has 0 atom stereocenters. The highest BCUT2D eigenvalue weighted by molar-refractivity contribution is 5.88. The van der Waals surface area contributed by atoms with Gasteiger partial charge in [-0.1, -0.05) is 26.7 Å². The zero-order valence-electron chi connectivity index (χ0n) is 13.1. The Labute approximate surface area is 122 Å². The summed E-state index contributed by atoms with van der Waals surface area (Å²) in [6.07, 6.45) is 5.52. The van der Waals surface area contributed by atoms with Crippen molar-refractivity contribution in [1.82, 2.24) is 10.2 Å². The van der Waals surface area contributed by atoms with Gasteiger partial charge in [-0.25, -0.2) is 0 Å². The Morgan fingerprint density at radius 2 is 1.80 bits per heavy atom. The van der Waals surface area contributed by atoms with Crippen molar-refractivity contribution in [1.29, 1.82) is 0 Å². The quantitative estimate of drug-likeness (QED) is 0.669. The molecule has 116 valence electrons. The van der Waals surface area contributed by atoms with Crippen molar-refractivity contribution < 1.29 is 9.59 Å².